The lowest BCUT2D eigenvalue weighted by Gasteiger charge is -2.32. The maximum Gasteiger partial charge on any atom is 0.236 e. The van der Waals surface area contributed by atoms with E-state index >= 15 is 0 Å². The highest BCUT2D eigenvalue weighted by Gasteiger charge is 2.17. The fourth-order valence-corrected chi connectivity index (χ4v) is 2.29. The number of hydrogen-bond acceptors (Lipinski definition) is 3. The topological polar surface area (TPSA) is 35.6 Å². The Kier molecular flexibility index (Phi) is 6.65. The Hall–Kier alpha value is -0.610. The first-order valence-electron chi connectivity index (χ1n) is 7.22. The van der Waals surface area contributed by atoms with Crippen molar-refractivity contribution < 1.29 is 4.79 Å². The maximum absolute atomic E-state index is 11.8. The summed E-state index contributed by atoms with van der Waals surface area (Å²) in [4.78, 5) is 16.1. The molecule has 1 saturated heterocycles. The van der Waals surface area contributed by atoms with Crippen LogP contribution in [0, 0.1) is 0 Å². The van der Waals surface area contributed by atoms with Gasteiger partial charge in [-0.25, -0.2) is 0 Å². The number of carbonyl (C=O) groups excluding carboxylic acids is 1. The summed E-state index contributed by atoms with van der Waals surface area (Å²) in [5.41, 5.74) is 0. The molecule has 0 radical (unpaired) electrons. The van der Waals surface area contributed by atoms with Gasteiger partial charge in [-0.2, -0.15) is 0 Å². The Labute approximate surface area is 112 Å². The highest BCUT2D eigenvalue weighted by atomic mass is 16.2. The average Bonchev–Trinajstić information content (AvgIpc) is 2.38. The Morgan fingerprint density at radius 3 is 2.39 bits per heavy atom. The first kappa shape index (κ1) is 15.4. The van der Waals surface area contributed by atoms with Crippen molar-refractivity contribution in [1.29, 1.82) is 0 Å². The molecule has 1 N–H and O–H groups in total. The Morgan fingerprint density at radius 1 is 1.22 bits per heavy atom. The first-order valence-corrected chi connectivity index (χ1v) is 7.22. The number of likely N-dealkylation sites (N-methyl/N-ethyl adjacent to an activating group) is 1. The third-order valence-electron chi connectivity index (χ3n) is 3.90. The zero-order chi connectivity index (χ0) is 13.5. The van der Waals surface area contributed by atoms with Crippen molar-refractivity contribution >= 4 is 5.91 Å². The van der Waals surface area contributed by atoms with Crippen LogP contribution in [0.2, 0.25) is 0 Å². The second kappa shape index (κ2) is 7.74. The van der Waals surface area contributed by atoms with Crippen LogP contribution in [0.25, 0.3) is 0 Å². The van der Waals surface area contributed by atoms with Crippen LogP contribution >= 0.6 is 0 Å². The minimum atomic E-state index is 0.177. The lowest BCUT2D eigenvalue weighted by molar-refractivity contribution is -0.130. The molecule has 0 aromatic heterocycles. The third kappa shape index (κ3) is 4.94. The van der Waals surface area contributed by atoms with Gasteiger partial charge in [-0.15, -0.1) is 0 Å². The first-order chi connectivity index (χ1) is 8.52. The Balaban J connectivity index is 2.18. The molecule has 0 spiro atoms. The minimum absolute atomic E-state index is 0.177. The lowest BCUT2D eigenvalue weighted by atomic mass is 10.1. The lowest BCUT2D eigenvalue weighted by Crippen LogP contribution is -2.46. The molecule has 1 amide bonds. The standard InChI is InChI=1S/C14H29N3O/c1-12(2)16(4)14(18)11-15-10-13(3)17-8-6-5-7-9-17/h12-13,15H,5-11H2,1-4H3. The second-order valence-electron chi connectivity index (χ2n) is 5.67. The van der Waals surface area contributed by atoms with E-state index in [1.54, 1.807) is 4.90 Å². The van der Waals surface area contributed by atoms with Gasteiger partial charge in [0.2, 0.25) is 5.91 Å². The number of nitrogens with zero attached hydrogens (tertiary/aromatic N) is 2. The minimum Gasteiger partial charge on any atom is -0.342 e. The maximum atomic E-state index is 11.8. The van der Waals surface area contributed by atoms with Crippen molar-refractivity contribution in [2.45, 2.75) is 52.1 Å². The summed E-state index contributed by atoms with van der Waals surface area (Å²) >= 11 is 0. The van der Waals surface area contributed by atoms with Crippen LogP contribution in [0.4, 0.5) is 0 Å². The SMILES string of the molecule is CC(CNCC(=O)N(C)C(C)C)N1CCCCC1. The van der Waals surface area contributed by atoms with Gasteiger partial charge in [-0.05, 0) is 46.7 Å². The van der Waals surface area contributed by atoms with Crippen molar-refractivity contribution in [1.82, 2.24) is 15.1 Å². The largest absolute Gasteiger partial charge is 0.342 e. The van der Waals surface area contributed by atoms with Crippen LogP contribution in [-0.4, -0.2) is 61.0 Å². The van der Waals surface area contributed by atoms with Crippen LogP contribution < -0.4 is 5.32 Å². The number of rotatable bonds is 6. The summed E-state index contributed by atoms with van der Waals surface area (Å²) in [6.45, 7) is 10.1. The molecule has 0 aromatic carbocycles. The molecule has 0 aromatic rings. The number of amides is 1. The highest BCUT2D eigenvalue weighted by molar-refractivity contribution is 5.78. The number of likely N-dealkylation sites (tertiary alicyclic amines) is 1. The third-order valence-corrected chi connectivity index (χ3v) is 3.90. The van der Waals surface area contributed by atoms with Crippen molar-refractivity contribution in [3.63, 3.8) is 0 Å². The van der Waals surface area contributed by atoms with Gasteiger partial charge in [0.25, 0.3) is 0 Å². The molecular formula is C14H29N3O. The molecule has 0 bridgehead atoms. The van der Waals surface area contributed by atoms with E-state index in [1.807, 2.05) is 20.9 Å². The van der Waals surface area contributed by atoms with E-state index < -0.39 is 0 Å². The molecule has 1 unspecified atom stereocenters. The van der Waals surface area contributed by atoms with E-state index in [1.165, 1.54) is 32.4 Å². The molecule has 1 rings (SSSR count). The van der Waals surface area contributed by atoms with Gasteiger partial charge < -0.3 is 10.2 Å². The quantitative estimate of drug-likeness (QED) is 0.777. The number of carbonyl (C=O) groups is 1. The van der Waals surface area contributed by atoms with Crippen molar-refractivity contribution in [3.05, 3.63) is 0 Å². The fourth-order valence-electron chi connectivity index (χ4n) is 2.29. The number of hydrogen-bond donors (Lipinski definition) is 1. The van der Waals surface area contributed by atoms with Crippen molar-refractivity contribution in [2.75, 3.05) is 33.2 Å². The van der Waals surface area contributed by atoms with Crippen LogP contribution in [0.15, 0.2) is 0 Å². The molecule has 0 aliphatic carbocycles. The summed E-state index contributed by atoms with van der Waals surface area (Å²) in [7, 11) is 1.86. The molecule has 106 valence electrons. The number of nitrogens with one attached hydrogen (secondary N) is 1. The molecule has 1 fully saturated rings. The van der Waals surface area contributed by atoms with E-state index in [4.69, 9.17) is 0 Å². The van der Waals surface area contributed by atoms with Crippen molar-refractivity contribution in [3.8, 4) is 0 Å². The van der Waals surface area contributed by atoms with Gasteiger partial charge >= 0.3 is 0 Å². The molecule has 4 heteroatoms. The van der Waals surface area contributed by atoms with Crippen LogP contribution in [0.5, 0.6) is 0 Å². The Morgan fingerprint density at radius 2 is 1.83 bits per heavy atom. The molecule has 4 nitrogen and oxygen atoms in total. The summed E-state index contributed by atoms with van der Waals surface area (Å²) < 4.78 is 0. The monoisotopic (exact) mass is 255 g/mol. The second-order valence-corrected chi connectivity index (χ2v) is 5.67. The molecule has 0 saturated carbocycles. The molecular weight excluding hydrogens is 226 g/mol. The van der Waals surface area contributed by atoms with Gasteiger partial charge in [0.1, 0.15) is 0 Å². The number of piperidine rings is 1. The zero-order valence-electron chi connectivity index (χ0n) is 12.4. The average molecular weight is 255 g/mol. The van der Waals surface area contributed by atoms with E-state index in [-0.39, 0.29) is 11.9 Å². The highest BCUT2D eigenvalue weighted by Crippen LogP contribution is 2.11. The summed E-state index contributed by atoms with van der Waals surface area (Å²) in [5.74, 6) is 0.177. The van der Waals surface area contributed by atoms with E-state index in [2.05, 4.69) is 17.1 Å². The van der Waals surface area contributed by atoms with Gasteiger partial charge in [0.15, 0.2) is 0 Å². The molecule has 1 heterocycles. The summed E-state index contributed by atoms with van der Waals surface area (Å²) in [6.07, 6.45) is 4.01. The van der Waals surface area contributed by atoms with Crippen molar-refractivity contribution in [2.24, 2.45) is 0 Å². The molecule has 18 heavy (non-hydrogen) atoms. The molecule has 1 aliphatic rings. The van der Waals surface area contributed by atoms with Gasteiger partial charge in [-0.3, -0.25) is 9.69 Å². The fraction of sp³-hybridized carbons (Fsp3) is 0.929. The van der Waals surface area contributed by atoms with E-state index in [0.717, 1.165) is 6.54 Å². The van der Waals surface area contributed by atoms with E-state index in [0.29, 0.717) is 12.6 Å². The van der Waals surface area contributed by atoms with Gasteiger partial charge in [-0.1, -0.05) is 6.42 Å². The van der Waals surface area contributed by atoms with Gasteiger partial charge in [0.05, 0.1) is 6.54 Å². The van der Waals surface area contributed by atoms with Crippen LogP contribution in [-0.2, 0) is 4.79 Å². The predicted octanol–water partition coefficient (Wildman–Crippen LogP) is 1.32. The normalized spacial score (nSPS) is 18.9. The Bertz CT molecular complexity index is 249. The predicted molar refractivity (Wildman–Crippen MR) is 75.7 cm³/mol. The summed E-state index contributed by atoms with van der Waals surface area (Å²) in [5, 5.41) is 3.29. The molecule has 1 atom stereocenters. The smallest absolute Gasteiger partial charge is 0.236 e. The zero-order valence-corrected chi connectivity index (χ0v) is 12.4. The van der Waals surface area contributed by atoms with Crippen LogP contribution in [0.1, 0.15) is 40.0 Å². The summed E-state index contributed by atoms with van der Waals surface area (Å²) in [6, 6.07) is 0.807. The van der Waals surface area contributed by atoms with Crippen LogP contribution in [0.3, 0.4) is 0 Å². The van der Waals surface area contributed by atoms with Gasteiger partial charge in [0, 0.05) is 25.7 Å². The van der Waals surface area contributed by atoms with E-state index in [9.17, 15) is 4.79 Å². The molecule has 1 aliphatic heterocycles.